The van der Waals surface area contributed by atoms with E-state index < -0.39 is 0 Å². The van der Waals surface area contributed by atoms with Crippen molar-refractivity contribution in [3.05, 3.63) is 48.2 Å². The summed E-state index contributed by atoms with van der Waals surface area (Å²) < 4.78 is 0. The van der Waals surface area contributed by atoms with Crippen LogP contribution in [0.5, 0.6) is 0 Å². The Morgan fingerprint density at radius 2 is 1.93 bits per heavy atom. The zero-order valence-electron chi connectivity index (χ0n) is 15.3. The van der Waals surface area contributed by atoms with Crippen LogP contribution in [0.4, 0.5) is 0 Å². The van der Waals surface area contributed by atoms with Crippen LogP contribution >= 0.6 is 12.4 Å². The lowest BCUT2D eigenvalue weighted by Gasteiger charge is -2.35. The van der Waals surface area contributed by atoms with Gasteiger partial charge in [0.25, 0.3) is 5.91 Å². The van der Waals surface area contributed by atoms with Crippen LogP contribution in [0, 0.1) is 0 Å². The molecule has 0 spiro atoms. The molecule has 0 bridgehead atoms. The van der Waals surface area contributed by atoms with Crippen molar-refractivity contribution in [3.63, 3.8) is 0 Å². The van der Waals surface area contributed by atoms with Crippen molar-refractivity contribution in [1.29, 1.82) is 0 Å². The number of hydrogen-bond donors (Lipinski definition) is 3. The van der Waals surface area contributed by atoms with Crippen LogP contribution < -0.4 is 11.1 Å². The number of piperidine rings is 1. The maximum Gasteiger partial charge on any atom is 0.270 e. The summed E-state index contributed by atoms with van der Waals surface area (Å²) in [5, 5.41) is 2.90. The molecule has 1 aromatic heterocycles. The van der Waals surface area contributed by atoms with Crippen LogP contribution in [0.15, 0.2) is 42.5 Å². The third-order valence-electron chi connectivity index (χ3n) is 4.80. The number of hydrogen-bond acceptors (Lipinski definition) is 3. The van der Waals surface area contributed by atoms with Gasteiger partial charge in [0, 0.05) is 37.8 Å². The van der Waals surface area contributed by atoms with Crippen molar-refractivity contribution >= 4 is 24.2 Å². The fraction of sp³-hybridized carbons (Fsp3) is 0.400. The Balaban J connectivity index is 0.00000261. The Bertz CT molecular complexity index is 747. The van der Waals surface area contributed by atoms with Gasteiger partial charge in [0.15, 0.2) is 0 Å². The number of nitrogens with zero attached hydrogens (tertiary/aromatic N) is 1. The van der Waals surface area contributed by atoms with Gasteiger partial charge >= 0.3 is 0 Å². The van der Waals surface area contributed by atoms with Gasteiger partial charge in [-0.05, 0) is 37.0 Å². The summed E-state index contributed by atoms with van der Waals surface area (Å²) in [5.41, 5.74) is 7.98. The maximum absolute atomic E-state index is 13.0. The largest absolute Gasteiger partial charge is 0.354 e. The van der Waals surface area contributed by atoms with Gasteiger partial charge in [0.2, 0.25) is 5.91 Å². The number of carbonyl (C=O) groups is 2. The molecular formula is C20H27ClN4O2. The molecule has 2 heterocycles. The predicted octanol–water partition coefficient (Wildman–Crippen LogP) is 2.56. The fourth-order valence-electron chi connectivity index (χ4n) is 3.39. The fourth-order valence-corrected chi connectivity index (χ4v) is 3.39. The summed E-state index contributed by atoms with van der Waals surface area (Å²) in [5.74, 6) is -0.0679. The normalized spacial score (nSPS) is 16.5. The van der Waals surface area contributed by atoms with Gasteiger partial charge in [-0.15, -0.1) is 12.4 Å². The number of nitrogens with one attached hydrogen (secondary N) is 2. The van der Waals surface area contributed by atoms with Crippen LogP contribution in [-0.2, 0) is 4.79 Å². The Kier molecular flexibility index (Phi) is 7.88. The topological polar surface area (TPSA) is 91.2 Å². The first-order chi connectivity index (χ1) is 12.7. The van der Waals surface area contributed by atoms with Gasteiger partial charge in [-0.1, -0.05) is 30.3 Å². The molecule has 1 fully saturated rings. The smallest absolute Gasteiger partial charge is 0.270 e. The SMILES string of the molecule is Cl.NCCC(=O)NCC1CCCCN1C(=O)c1ccc(-c2ccccc2)[nH]1. The highest BCUT2D eigenvalue weighted by Gasteiger charge is 2.28. The molecule has 0 saturated carbocycles. The van der Waals surface area contributed by atoms with Crippen molar-refractivity contribution in [2.24, 2.45) is 5.73 Å². The van der Waals surface area contributed by atoms with Crippen molar-refractivity contribution in [2.45, 2.75) is 31.7 Å². The molecule has 1 unspecified atom stereocenters. The first-order valence-electron chi connectivity index (χ1n) is 9.21. The zero-order valence-corrected chi connectivity index (χ0v) is 16.1. The molecule has 0 aliphatic carbocycles. The lowest BCUT2D eigenvalue weighted by molar-refractivity contribution is -0.121. The number of benzene rings is 1. The van der Waals surface area contributed by atoms with Gasteiger partial charge in [-0.25, -0.2) is 0 Å². The van der Waals surface area contributed by atoms with Crippen molar-refractivity contribution in [2.75, 3.05) is 19.6 Å². The Morgan fingerprint density at radius 1 is 1.15 bits per heavy atom. The molecule has 1 aliphatic rings. The van der Waals surface area contributed by atoms with Crippen molar-refractivity contribution < 1.29 is 9.59 Å². The summed E-state index contributed by atoms with van der Waals surface area (Å²) in [6.07, 6.45) is 3.28. The maximum atomic E-state index is 13.0. The lowest BCUT2D eigenvalue weighted by Crippen LogP contribution is -2.49. The Morgan fingerprint density at radius 3 is 2.67 bits per heavy atom. The van der Waals surface area contributed by atoms with Gasteiger partial charge in [0.1, 0.15) is 5.69 Å². The number of amides is 2. The monoisotopic (exact) mass is 390 g/mol. The molecule has 7 heteroatoms. The van der Waals surface area contributed by atoms with Gasteiger partial charge < -0.3 is 20.9 Å². The minimum absolute atomic E-state index is 0. The standard InChI is InChI=1S/C20H26N4O2.ClH/c21-12-11-19(25)22-14-16-8-4-5-13-24(16)20(26)18-10-9-17(23-18)15-6-2-1-3-7-15;/h1-3,6-7,9-10,16,23H,4-5,8,11-14,21H2,(H,22,25);1H. The van der Waals surface area contributed by atoms with Crippen LogP contribution in [0.25, 0.3) is 11.3 Å². The highest BCUT2D eigenvalue weighted by atomic mass is 35.5. The molecule has 2 aromatic rings. The number of nitrogens with two attached hydrogens (primary N) is 1. The first-order valence-corrected chi connectivity index (χ1v) is 9.21. The van der Waals surface area contributed by atoms with Crippen LogP contribution in [0.3, 0.4) is 0 Å². The summed E-state index contributed by atoms with van der Waals surface area (Å²) in [6.45, 7) is 1.54. The molecular weight excluding hydrogens is 364 g/mol. The number of carbonyl (C=O) groups excluding carboxylic acids is 2. The predicted molar refractivity (Wildman–Crippen MR) is 109 cm³/mol. The summed E-state index contributed by atoms with van der Waals surface area (Å²) in [6, 6.07) is 13.7. The molecule has 4 N–H and O–H groups in total. The van der Waals surface area contributed by atoms with E-state index in [0.29, 0.717) is 25.2 Å². The quantitative estimate of drug-likeness (QED) is 0.707. The number of rotatable bonds is 6. The number of halogens is 1. The van der Waals surface area contributed by atoms with E-state index >= 15 is 0 Å². The van der Waals surface area contributed by atoms with Crippen molar-refractivity contribution in [1.82, 2.24) is 15.2 Å². The molecule has 1 atom stereocenters. The third-order valence-corrected chi connectivity index (χ3v) is 4.80. The number of H-pyrrole nitrogens is 1. The Hall–Kier alpha value is -2.31. The minimum Gasteiger partial charge on any atom is -0.354 e. The summed E-state index contributed by atoms with van der Waals surface area (Å²) in [7, 11) is 0. The average Bonchev–Trinajstić information content (AvgIpc) is 3.17. The number of likely N-dealkylation sites (tertiary alicyclic amines) is 1. The molecule has 146 valence electrons. The summed E-state index contributed by atoms with van der Waals surface area (Å²) >= 11 is 0. The van der Waals surface area contributed by atoms with Gasteiger partial charge in [-0.2, -0.15) is 0 Å². The highest BCUT2D eigenvalue weighted by molar-refractivity contribution is 5.93. The van der Waals surface area contributed by atoms with Crippen LogP contribution in [0.2, 0.25) is 0 Å². The van der Waals surface area contributed by atoms with Crippen molar-refractivity contribution in [3.8, 4) is 11.3 Å². The van der Waals surface area contributed by atoms with Crippen LogP contribution in [-0.4, -0.2) is 47.4 Å². The van der Waals surface area contributed by atoms with E-state index in [-0.39, 0.29) is 30.3 Å². The van der Waals surface area contributed by atoms with Gasteiger partial charge in [0.05, 0.1) is 0 Å². The van der Waals surface area contributed by atoms with E-state index in [1.807, 2.05) is 47.4 Å². The van der Waals surface area contributed by atoms with E-state index in [4.69, 9.17) is 5.73 Å². The minimum atomic E-state index is -0.0586. The van der Waals surface area contributed by atoms with Gasteiger partial charge in [-0.3, -0.25) is 9.59 Å². The lowest BCUT2D eigenvalue weighted by atomic mass is 10.0. The molecule has 2 amide bonds. The third kappa shape index (κ3) is 5.34. The van der Waals surface area contributed by atoms with E-state index in [2.05, 4.69) is 10.3 Å². The molecule has 3 rings (SSSR count). The zero-order chi connectivity index (χ0) is 18.4. The van der Waals surface area contributed by atoms with Crippen LogP contribution in [0.1, 0.15) is 36.2 Å². The molecule has 1 saturated heterocycles. The van der Waals surface area contributed by atoms with E-state index in [1.165, 1.54) is 0 Å². The first kappa shape index (κ1) is 21.0. The Labute approximate surface area is 165 Å². The van der Waals surface area contributed by atoms with E-state index in [0.717, 1.165) is 37.1 Å². The molecule has 0 radical (unpaired) electrons. The second kappa shape index (κ2) is 10.1. The second-order valence-electron chi connectivity index (χ2n) is 6.64. The molecule has 27 heavy (non-hydrogen) atoms. The second-order valence-corrected chi connectivity index (χ2v) is 6.64. The van der Waals surface area contributed by atoms with E-state index in [1.54, 1.807) is 0 Å². The highest BCUT2D eigenvalue weighted by Crippen LogP contribution is 2.22. The molecule has 6 nitrogen and oxygen atoms in total. The van der Waals surface area contributed by atoms with E-state index in [9.17, 15) is 9.59 Å². The number of aromatic nitrogens is 1. The summed E-state index contributed by atoms with van der Waals surface area (Å²) in [4.78, 5) is 29.8. The molecule has 1 aromatic carbocycles. The number of aromatic amines is 1. The average molecular weight is 391 g/mol. The molecule has 1 aliphatic heterocycles.